The van der Waals surface area contributed by atoms with Crippen LogP contribution in [0.15, 0.2) is 64.9 Å². The van der Waals surface area contributed by atoms with Gasteiger partial charge in [0, 0.05) is 5.41 Å². The van der Waals surface area contributed by atoms with E-state index in [9.17, 15) is 13.2 Å². The number of carbonyl (C=O) groups is 1. The molecule has 0 aliphatic carbocycles. The highest BCUT2D eigenvalue weighted by Gasteiger charge is 2.12. The molecule has 0 atom stereocenters. The summed E-state index contributed by atoms with van der Waals surface area (Å²) in [4.78, 5) is 11.4. The Morgan fingerprint density at radius 1 is 1.00 bits per heavy atom. The number of hydrogen-bond acceptors (Lipinski definition) is 4. The molecule has 0 aromatic heterocycles. The van der Waals surface area contributed by atoms with Crippen LogP contribution in [0.3, 0.4) is 0 Å². The zero-order valence-electron chi connectivity index (χ0n) is 11.4. The molecule has 0 heterocycles. The average Bonchev–Trinajstić information content (AvgIpc) is 2.53. The molecule has 2 aromatic rings. The van der Waals surface area contributed by atoms with Crippen LogP contribution in [0.1, 0.15) is 15.9 Å². The topological polar surface area (TPSA) is 60.4 Å². The summed E-state index contributed by atoms with van der Waals surface area (Å²) in [6, 6.07) is 14.8. The Kier molecular flexibility index (Phi) is 4.55. The number of ether oxygens (including phenoxy) is 1. The first kappa shape index (κ1) is 15.0. The zero-order chi connectivity index (χ0) is 15.3. The predicted molar refractivity (Wildman–Crippen MR) is 80.4 cm³/mol. The van der Waals surface area contributed by atoms with Gasteiger partial charge in [0.15, 0.2) is 9.84 Å². The van der Waals surface area contributed by atoms with Gasteiger partial charge in [0.25, 0.3) is 0 Å². The third-order valence-corrected chi connectivity index (χ3v) is 4.27. The number of benzene rings is 2. The number of hydrogen-bond donors (Lipinski definition) is 0. The van der Waals surface area contributed by atoms with Crippen LogP contribution in [0.5, 0.6) is 0 Å². The van der Waals surface area contributed by atoms with E-state index < -0.39 is 15.8 Å². The summed E-state index contributed by atoms with van der Waals surface area (Å²) < 4.78 is 28.9. The molecule has 0 fully saturated rings. The van der Waals surface area contributed by atoms with Crippen molar-refractivity contribution in [2.45, 2.75) is 4.90 Å². The smallest absolute Gasteiger partial charge is 0.337 e. The minimum absolute atomic E-state index is 0.127. The van der Waals surface area contributed by atoms with Crippen LogP contribution in [0.25, 0.3) is 6.08 Å². The Morgan fingerprint density at radius 2 is 1.62 bits per heavy atom. The van der Waals surface area contributed by atoms with Gasteiger partial charge < -0.3 is 4.74 Å². The number of methoxy groups -OCH3 is 1. The maximum Gasteiger partial charge on any atom is 0.337 e. The van der Waals surface area contributed by atoms with E-state index in [-0.39, 0.29) is 4.90 Å². The first-order chi connectivity index (χ1) is 10.0. The zero-order valence-corrected chi connectivity index (χ0v) is 12.2. The quantitative estimate of drug-likeness (QED) is 0.815. The van der Waals surface area contributed by atoms with E-state index >= 15 is 0 Å². The normalized spacial score (nSPS) is 11.5. The molecule has 21 heavy (non-hydrogen) atoms. The molecule has 0 saturated carbocycles. The van der Waals surface area contributed by atoms with Crippen LogP contribution in [0.4, 0.5) is 0 Å². The van der Waals surface area contributed by atoms with Crippen molar-refractivity contribution < 1.29 is 17.9 Å². The van der Waals surface area contributed by atoms with Gasteiger partial charge in [0.1, 0.15) is 0 Å². The summed E-state index contributed by atoms with van der Waals surface area (Å²) in [7, 11) is -2.27. The number of carbonyl (C=O) groups excluding carboxylic acids is 1. The van der Waals surface area contributed by atoms with E-state index in [1.807, 2.05) is 30.3 Å². The minimum atomic E-state index is -3.54. The van der Waals surface area contributed by atoms with Crippen molar-refractivity contribution in [2.75, 3.05) is 7.11 Å². The van der Waals surface area contributed by atoms with Crippen LogP contribution >= 0.6 is 0 Å². The molecular weight excluding hydrogens is 288 g/mol. The van der Waals surface area contributed by atoms with Gasteiger partial charge in [-0.2, -0.15) is 0 Å². The van der Waals surface area contributed by atoms with Crippen LogP contribution in [0, 0.1) is 0 Å². The van der Waals surface area contributed by atoms with Gasteiger partial charge in [-0.3, -0.25) is 0 Å². The summed E-state index contributed by atoms with van der Waals surface area (Å²) in [5, 5.41) is 1.15. The lowest BCUT2D eigenvalue weighted by atomic mass is 10.2. The Labute approximate surface area is 123 Å². The first-order valence-electron chi connectivity index (χ1n) is 6.19. The van der Waals surface area contributed by atoms with Crippen molar-refractivity contribution >= 4 is 21.9 Å². The fraction of sp³-hybridized carbons (Fsp3) is 0.0625. The van der Waals surface area contributed by atoms with Crippen LogP contribution in [-0.4, -0.2) is 21.5 Å². The lowest BCUT2D eigenvalue weighted by molar-refractivity contribution is 0.0600. The largest absolute Gasteiger partial charge is 0.465 e. The second-order valence-corrected chi connectivity index (χ2v) is 6.11. The van der Waals surface area contributed by atoms with Gasteiger partial charge >= 0.3 is 5.97 Å². The SMILES string of the molecule is COC(=O)c1ccc(S(=O)(=O)C=Cc2ccccc2)cc1. The molecule has 0 unspecified atom stereocenters. The second-order valence-electron chi connectivity index (χ2n) is 4.27. The van der Waals surface area contributed by atoms with Gasteiger partial charge in [-0.05, 0) is 35.9 Å². The van der Waals surface area contributed by atoms with E-state index in [1.165, 1.54) is 37.5 Å². The predicted octanol–water partition coefficient (Wildman–Crippen LogP) is 2.92. The van der Waals surface area contributed by atoms with Crippen molar-refractivity contribution in [3.05, 3.63) is 71.1 Å². The highest BCUT2D eigenvalue weighted by atomic mass is 32.2. The van der Waals surface area contributed by atoms with Crippen molar-refractivity contribution in [3.63, 3.8) is 0 Å². The fourth-order valence-corrected chi connectivity index (χ4v) is 2.72. The van der Waals surface area contributed by atoms with Crippen LogP contribution < -0.4 is 0 Å². The fourth-order valence-electron chi connectivity index (χ4n) is 1.71. The van der Waals surface area contributed by atoms with Crippen molar-refractivity contribution in [2.24, 2.45) is 0 Å². The average molecular weight is 302 g/mol. The first-order valence-corrected chi connectivity index (χ1v) is 7.74. The molecule has 0 aliphatic rings. The molecule has 0 amide bonds. The Balaban J connectivity index is 2.24. The molecule has 108 valence electrons. The number of esters is 1. The molecule has 0 N–H and O–H groups in total. The number of rotatable bonds is 4. The number of sulfone groups is 1. The summed E-state index contributed by atoms with van der Waals surface area (Å²) in [6.07, 6.45) is 1.53. The van der Waals surface area contributed by atoms with E-state index in [0.717, 1.165) is 11.0 Å². The third kappa shape index (κ3) is 3.79. The summed E-state index contributed by atoms with van der Waals surface area (Å²) in [5.74, 6) is -0.501. The Hall–Kier alpha value is -2.40. The lowest BCUT2D eigenvalue weighted by Gasteiger charge is -2.02. The molecule has 5 heteroatoms. The molecule has 0 bridgehead atoms. The third-order valence-electron chi connectivity index (χ3n) is 2.84. The van der Waals surface area contributed by atoms with E-state index in [0.29, 0.717) is 5.56 Å². The van der Waals surface area contributed by atoms with Crippen LogP contribution in [-0.2, 0) is 14.6 Å². The molecular formula is C16H14O4S. The van der Waals surface area contributed by atoms with Crippen molar-refractivity contribution in [1.82, 2.24) is 0 Å². The van der Waals surface area contributed by atoms with Gasteiger partial charge in [0.05, 0.1) is 17.6 Å². The van der Waals surface area contributed by atoms with E-state index in [4.69, 9.17) is 0 Å². The van der Waals surface area contributed by atoms with Gasteiger partial charge in [-0.15, -0.1) is 0 Å². The molecule has 2 aromatic carbocycles. The molecule has 0 saturated heterocycles. The van der Waals surface area contributed by atoms with Crippen molar-refractivity contribution in [3.8, 4) is 0 Å². The summed E-state index contributed by atoms with van der Waals surface area (Å²) >= 11 is 0. The van der Waals surface area contributed by atoms with E-state index in [1.54, 1.807) is 0 Å². The maximum atomic E-state index is 12.2. The maximum absolute atomic E-state index is 12.2. The summed E-state index contributed by atoms with van der Waals surface area (Å²) in [6.45, 7) is 0. The monoisotopic (exact) mass is 302 g/mol. The standard InChI is InChI=1S/C16H14O4S/c1-20-16(17)14-7-9-15(10-8-14)21(18,19)12-11-13-5-3-2-4-6-13/h2-12H,1H3. The highest BCUT2D eigenvalue weighted by Crippen LogP contribution is 2.15. The Morgan fingerprint density at radius 3 is 2.19 bits per heavy atom. The molecule has 4 nitrogen and oxygen atoms in total. The molecule has 2 rings (SSSR count). The van der Waals surface area contributed by atoms with Crippen LogP contribution in [0.2, 0.25) is 0 Å². The Bertz CT molecular complexity index is 745. The minimum Gasteiger partial charge on any atom is -0.465 e. The molecule has 0 aliphatic heterocycles. The molecule has 0 spiro atoms. The summed E-state index contributed by atoms with van der Waals surface area (Å²) in [5.41, 5.74) is 1.11. The van der Waals surface area contributed by atoms with Crippen molar-refractivity contribution in [1.29, 1.82) is 0 Å². The van der Waals surface area contributed by atoms with Gasteiger partial charge in [-0.1, -0.05) is 30.3 Å². The molecule has 0 radical (unpaired) electrons. The van der Waals surface area contributed by atoms with E-state index in [2.05, 4.69) is 4.74 Å². The lowest BCUT2D eigenvalue weighted by Crippen LogP contribution is -2.02. The highest BCUT2D eigenvalue weighted by molar-refractivity contribution is 7.94. The van der Waals surface area contributed by atoms with Gasteiger partial charge in [0.2, 0.25) is 0 Å². The van der Waals surface area contributed by atoms with Gasteiger partial charge in [-0.25, -0.2) is 13.2 Å². The second kappa shape index (κ2) is 6.37.